The summed E-state index contributed by atoms with van der Waals surface area (Å²) in [6.45, 7) is 4.20. The molecule has 1 unspecified atom stereocenters. The number of nitriles is 1. The van der Waals surface area contributed by atoms with Crippen molar-refractivity contribution < 1.29 is 9.47 Å². The van der Waals surface area contributed by atoms with Crippen molar-refractivity contribution in [1.82, 2.24) is 9.97 Å². The number of H-pyrrole nitrogens is 1. The number of rotatable bonds is 3. The van der Waals surface area contributed by atoms with E-state index in [1.54, 1.807) is 0 Å². The number of hydrogen-bond donors (Lipinski definition) is 1. The molecule has 3 rings (SSSR count). The van der Waals surface area contributed by atoms with Gasteiger partial charge in [-0.25, -0.2) is 4.98 Å². The van der Waals surface area contributed by atoms with E-state index in [1.807, 2.05) is 32.0 Å². The second-order valence-corrected chi connectivity index (χ2v) is 4.75. The minimum absolute atomic E-state index is 0.198. The molecule has 0 amide bonds. The Morgan fingerprint density at radius 3 is 2.95 bits per heavy atom. The minimum Gasteiger partial charge on any atom is -0.454 e. The van der Waals surface area contributed by atoms with Crippen molar-refractivity contribution in [2.24, 2.45) is 0 Å². The van der Waals surface area contributed by atoms with Crippen LogP contribution in [0.5, 0.6) is 11.5 Å². The van der Waals surface area contributed by atoms with E-state index in [9.17, 15) is 0 Å². The lowest BCUT2D eigenvalue weighted by Gasteiger charge is -2.01. The first-order valence-electron chi connectivity index (χ1n) is 6.59. The molecule has 0 fully saturated rings. The molecule has 1 atom stereocenters. The smallest absolute Gasteiger partial charge is 0.231 e. The zero-order valence-electron chi connectivity index (χ0n) is 11.4. The zero-order valence-corrected chi connectivity index (χ0v) is 11.4. The minimum atomic E-state index is -0.198. The number of aromatic nitrogens is 2. The molecule has 102 valence electrons. The van der Waals surface area contributed by atoms with E-state index in [0.29, 0.717) is 0 Å². The molecule has 0 radical (unpaired) electrons. The van der Waals surface area contributed by atoms with Crippen LogP contribution in [0.25, 0.3) is 11.3 Å². The molecule has 2 aromatic rings. The van der Waals surface area contributed by atoms with Crippen LogP contribution >= 0.6 is 0 Å². The standard InChI is InChI=1S/C15H15N3O2/c1-3-10(7-16)15-17-9(2)14(18-15)11-4-5-12-13(6-11)20-8-19-12/h4-6,10H,3,8H2,1-2H3,(H,17,18). The quantitative estimate of drug-likeness (QED) is 0.929. The van der Waals surface area contributed by atoms with Crippen molar-refractivity contribution in [1.29, 1.82) is 5.26 Å². The fourth-order valence-corrected chi connectivity index (χ4v) is 2.32. The van der Waals surface area contributed by atoms with Crippen LogP contribution in [0.1, 0.15) is 30.8 Å². The van der Waals surface area contributed by atoms with Gasteiger partial charge in [0.15, 0.2) is 11.5 Å². The van der Waals surface area contributed by atoms with Crippen LogP contribution in [0.4, 0.5) is 0 Å². The molecule has 5 nitrogen and oxygen atoms in total. The van der Waals surface area contributed by atoms with Gasteiger partial charge in [-0.2, -0.15) is 5.26 Å². The molecule has 1 aromatic carbocycles. The third kappa shape index (κ3) is 1.99. The number of hydrogen-bond acceptors (Lipinski definition) is 4. The highest BCUT2D eigenvalue weighted by atomic mass is 16.7. The van der Waals surface area contributed by atoms with Crippen LogP contribution in [-0.2, 0) is 0 Å². The van der Waals surface area contributed by atoms with E-state index < -0.39 is 0 Å². The molecule has 5 heteroatoms. The fourth-order valence-electron chi connectivity index (χ4n) is 2.32. The van der Waals surface area contributed by atoms with Crippen molar-refractivity contribution >= 4 is 0 Å². The molecular formula is C15H15N3O2. The molecule has 20 heavy (non-hydrogen) atoms. The first-order valence-corrected chi connectivity index (χ1v) is 6.59. The van der Waals surface area contributed by atoms with Gasteiger partial charge >= 0.3 is 0 Å². The van der Waals surface area contributed by atoms with E-state index in [4.69, 9.17) is 14.7 Å². The molecule has 1 aliphatic rings. The van der Waals surface area contributed by atoms with Gasteiger partial charge in [-0.1, -0.05) is 6.92 Å². The van der Waals surface area contributed by atoms with Crippen molar-refractivity contribution in [3.63, 3.8) is 0 Å². The Bertz CT molecular complexity index is 685. The molecule has 0 saturated heterocycles. The molecule has 1 N–H and O–H groups in total. The van der Waals surface area contributed by atoms with E-state index in [0.717, 1.165) is 40.7 Å². The number of imidazole rings is 1. The molecule has 0 bridgehead atoms. The van der Waals surface area contributed by atoms with Gasteiger partial charge in [0.25, 0.3) is 0 Å². The van der Waals surface area contributed by atoms with Gasteiger partial charge in [0.05, 0.1) is 11.8 Å². The van der Waals surface area contributed by atoms with Crippen molar-refractivity contribution in [2.45, 2.75) is 26.2 Å². The van der Waals surface area contributed by atoms with Crippen molar-refractivity contribution in [2.75, 3.05) is 6.79 Å². The highest BCUT2D eigenvalue weighted by Crippen LogP contribution is 2.36. The molecule has 2 heterocycles. The van der Waals surface area contributed by atoms with E-state index in [2.05, 4.69) is 16.0 Å². The summed E-state index contributed by atoms with van der Waals surface area (Å²) in [6, 6.07) is 8.02. The number of fused-ring (bicyclic) bond motifs is 1. The van der Waals surface area contributed by atoms with Crippen LogP contribution in [0.3, 0.4) is 0 Å². The molecule has 0 spiro atoms. The summed E-state index contributed by atoms with van der Waals surface area (Å²) in [6.07, 6.45) is 0.740. The first-order chi connectivity index (χ1) is 9.72. The lowest BCUT2D eigenvalue weighted by Crippen LogP contribution is -1.96. The SMILES string of the molecule is CCC(C#N)c1nc(-c2ccc3c(c2)OCO3)c(C)[nH]1. The summed E-state index contributed by atoms with van der Waals surface area (Å²) in [7, 11) is 0. The fraction of sp³-hybridized carbons (Fsp3) is 0.333. The first kappa shape index (κ1) is 12.5. The van der Waals surface area contributed by atoms with E-state index >= 15 is 0 Å². The topological polar surface area (TPSA) is 70.9 Å². The predicted molar refractivity (Wildman–Crippen MR) is 73.5 cm³/mol. The summed E-state index contributed by atoms with van der Waals surface area (Å²) < 4.78 is 10.7. The average molecular weight is 269 g/mol. The number of ether oxygens (including phenoxy) is 2. The van der Waals surface area contributed by atoms with Crippen LogP contribution < -0.4 is 9.47 Å². The Morgan fingerprint density at radius 1 is 1.40 bits per heavy atom. The summed E-state index contributed by atoms with van der Waals surface area (Å²) in [4.78, 5) is 7.78. The number of aryl methyl sites for hydroxylation is 1. The molecule has 1 aliphatic heterocycles. The second-order valence-electron chi connectivity index (χ2n) is 4.75. The Labute approximate surface area is 117 Å². The van der Waals surface area contributed by atoms with E-state index in [-0.39, 0.29) is 12.7 Å². The highest BCUT2D eigenvalue weighted by molar-refractivity contribution is 5.66. The number of nitrogens with one attached hydrogen (secondary N) is 1. The molecule has 0 saturated carbocycles. The van der Waals surface area contributed by atoms with Gasteiger partial charge in [0, 0.05) is 11.3 Å². The molecule has 0 aliphatic carbocycles. The lowest BCUT2D eigenvalue weighted by atomic mass is 10.1. The second kappa shape index (κ2) is 4.89. The van der Waals surface area contributed by atoms with Gasteiger partial charge in [0.1, 0.15) is 11.7 Å². The predicted octanol–water partition coefficient (Wildman–Crippen LogP) is 3.13. The average Bonchev–Trinajstić information content (AvgIpc) is 3.06. The highest BCUT2D eigenvalue weighted by Gasteiger charge is 2.19. The van der Waals surface area contributed by atoms with Crippen molar-refractivity contribution in [3.05, 3.63) is 29.7 Å². The number of aromatic amines is 1. The Balaban J connectivity index is 2.00. The maximum absolute atomic E-state index is 9.13. The largest absolute Gasteiger partial charge is 0.454 e. The van der Waals surface area contributed by atoms with Gasteiger partial charge in [-0.15, -0.1) is 0 Å². The van der Waals surface area contributed by atoms with Gasteiger partial charge in [-0.05, 0) is 31.5 Å². The Morgan fingerprint density at radius 2 is 2.20 bits per heavy atom. The summed E-state index contributed by atoms with van der Waals surface area (Å²) in [5, 5.41) is 9.13. The Hall–Kier alpha value is -2.48. The molecule has 1 aromatic heterocycles. The summed E-state index contributed by atoms with van der Waals surface area (Å²) >= 11 is 0. The van der Waals surface area contributed by atoms with Crippen LogP contribution in [0.2, 0.25) is 0 Å². The van der Waals surface area contributed by atoms with Gasteiger partial charge < -0.3 is 14.5 Å². The number of benzene rings is 1. The Kier molecular flexibility index (Phi) is 3.07. The molecular weight excluding hydrogens is 254 g/mol. The van der Waals surface area contributed by atoms with Gasteiger partial charge in [-0.3, -0.25) is 0 Å². The maximum atomic E-state index is 9.13. The number of nitrogens with zero attached hydrogens (tertiary/aromatic N) is 2. The lowest BCUT2D eigenvalue weighted by molar-refractivity contribution is 0.174. The van der Waals surface area contributed by atoms with Crippen LogP contribution in [0, 0.1) is 18.3 Å². The summed E-state index contributed by atoms with van der Waals surface area (Å²) in [5.74, 6) is 2.01. The third-order valence-electron chi connectivity index (χ3n) is 3.44. The van der Waals surface area contributed by atoms with Crippen LogP contribution in [0.15, 0.2) is 18.2 Å². The monoisotopic (exact) mass is 269 g/mol. The van der Waals surface area contributed by atoms with Crippen molar-refractivity contribution in [3.8, 4) is 28.8 Å². The van der Waals surface area contributed by atoms with E-state index in [1.165, 1.54) is 0 Å². The summed E-state index contributed by atoms with van der Waals surface area (Å²) in [5.41, 5.74) is 2.77. The normalized spacial score (nSPS) is 14.1. The van der Waals surface area contributed by atoms with Gasteiger partial charge in [0.2, 0.25) is 6.79 Å². The third-order valence-corrected chi connectivity index (χ3v) is 3.44. The van der Waals surface area contributed by atoms with Crippen LogP contribution in [-0.4, -0.2) is 16.8 Å². The maximum Gasteiger partial charge on any atom is 0.231 e. The zero-order chi connectivity index (χ0) is 14.1.